The predicted molar refractivity (Wildman–Crippen MR) is 378 cm³/mol. The molecule has 8 aromatic rings. The summed E-state index contributed by atoms with van der Waals surface area (Å²) < 4.78 is 17.7. The molecule has 8 rings (SSSR count). The molecule has 0 spiro atoms. The van der Waals surface area contributed by atoms with Crippen molar-refractivity contribution in [2.24, 2.45) is 0 Å². The Balaban J connectivity index is -0.000000508. The maximum absolute atomic E-state index is 8.98. The Hall–Kier alpha value is -8.90. The van der Waals surface area contributed by atoms with E-state index in [0.717, 1.165) is 76.2 Å². The second kappa shape index (κ2) is 79.1. The molecule has 24 heteroatoms. The van der Waals surface area contributed by atoms with Crippen LogP contribution in [0.2, 0.25) is 0 Å². The van der Waals surface area contributed by atoms with E-state index in [2.05, 4.69) is 288 Å². The van der Waals surface area contributed by atoms with Gasteiger partial charge in [-0.15, -0.1) is 0 Å². The van der Waals surface area contributed by atoms with Gasteiger partial charge in [-0.2, -0.15) is 0 Å². The minimum atomic E-state index is -2.31. The second-order valence-corrected chi connectivity index (χ2v) is 21.6. The van der Waals surface area contributed by atoms with Crippen LogP contribution in [0.15, 0.2) is 245 Å². The number of rotatable bonds is 24. The summed E-state index contributed by atoms with van der Waals surface area (Å²) in [7, 11) is -9.24. The molecule has 20 nitrogen and oxygen atoms in total. The van der Waals surface area contributed by atoms with Gasteiger partial charge in [0.2, 0.25) is 0 Å². The molecule has 0 aromatic carbocycles. The summed E-state index contributed by atoms with van der Waals surface area (Å²) in [4.78, 5) is 0. The van der Waals surface area contributed by atoms with Crippen LogP contribution in [0.25, 0.3) is 0 Å². The van der Waals surface area contributed by atoms with Crippen molar-refractivity contribution in [2.45, 2.75) is 210 Å². The van der Waals surface area contributed by atoms with Crippen LogP contribution < -0.4 is 76.7 Å². The van der Waals surface area contributed by atoms with E-state index in [0.29, 0.717) is 0 Å². The van der Waals surface area contributed by atoms with Gasteiger partial charge in [0.05, 0.1) is 0 Å². The third-order valence-corrected chi connectivity index (χ3v) is 12.8. The van der Waals surface area contributed by atoms with Gasteiger partial charge in [0.1, 0.15) is 52.4 Å². The Labute approximate surface area is 602 Å². The van der Waals surface area contributed by atoms with Crippen molar-refractivity contribution in [3.05, 3.63) is 245 Å². The zero-order valence-corrected chi connectivity index (χ0v) is 61.0. The molecule has 0 aliphatic heterocycles. The average Bonchev–Trinajstić information content (AvgIpc) is 3.33. The normalized spacial score (nSPS) is 8.92. The molecule has 0 N–H and O–H groups in total. The van der Waals surface area contributed by atoms with Gasteiger partial charge in [0, 0.05) is 177 Å². The molecule has 0 aliphatic carbocycles. The first-order chi connectivity index (χ1) is 48.5. The molecular weight excluding hydrogens is 1250 g/mol. The molecule has 536 valence electrons. The summed E-state index contributed by atoms with van der Waals surface area (Å²) in [6, 6.07) is 49.4. The molecule has 8 aromatic heterocycles. The molecule has 0 bridgehead atoms. The lowest BCUT2D eigenvalue weighted by molar-refractivity contribution is -0.697. The number of nitriles is 4. The number of aromatic nitrogens is 8. The van der Waals surface area contributed by atoms with Crippen molar-refractivity contribution in [2.75, 3.05) is 0 Å². The van der Waals surface area contributed by atoms with Gasteiger partial charge in [0.25, 0.3) is 0 Å². The van der Waals surface area contributed by atoms with E-state index in [4.69, 9.17) is 61.2 Å². The highest BCUT2D eigenvalue weighted by Crippen LogP contribution is 1.92. The van der Waals surface area contributed by atoms with Crippen LogP contribution in [0.4, 0.5) is 0 Å². The maximum Gasteiger partial charge on any atom is 0.168 e. The van der Waals surface area contributed by atoms with Gasteiger partial charge < -0.3 is 40.2 Å². The Kier molecular flexibility index (Phi) is 77.1. The number of hydrogen-bond acceptors (Lipinski definition) is 12. The summed E-state index contributed by atoms with van der Waals surface area (Å²) in [5, 5.41) is 101. The van der Waals surface area contributed by atoms with E-state index in [1.54, 1.807) is 0 Å². The summed E-state index contributed by atoms with van der Waals surface area (Å²) in [6.07, 6.45) is 54.0. The highest BCUT2D eigenvalue weighted by Gasteiger charge is 1.99. The first-order valence-corrected chi connectivity index (χ1v) is 34.9. The third kappa shape index (κ3) is 76.5. The molecule has 0 amide bonds. The van der Waals surface area contributed by atoms with E-state index in [1.165, 1.54) is 103 Å². The summed E-state index contributed by atoms with van der Waals surface area (Å²) >= 11 is 0. The lowest BCUT2D eigenvalue weighted by Gasteiger charge is -2.12. The first-order valence-electron chi connectivity index (χ1n) is 34.9. The van der Waals surface area contributed by atoms with Crippen molar-refractivity contribution >= 4 is 28.5 Å². The number of aryl methyl sites for hydroxylation is 8. The number of hydrogen-bond donors (Lipinski definition) is 0. The molecule has 0 fully saturated rings. The lowest BCUT2D eigenvalue weighted by Crippen LogP contribution is -2.43. The zero-order valence-electron chi connectivity index (χ0n) is 61.0. The van der Waals surface area contributed by atoms with E-state index >= 15 is 0 Å². The van der Waals surface area contributed by atoms with Crippen LogP contribution in [-0.4, -0.2) is 28.5 Å². The molecule has 8 heterocycles. The minimum Gasteiger partial charge on any atom is -0.881 e. The minimum absolute atomic E-state index is 0.917. The standard InChI is InChI=1S/8C9H14N.4CBNO2/c8*1-2-3-7-10-8-5-4-6-9-10;4*3-1-2(4)5/h8*4-6,8-9H,2-3,7H2,1H3;;;;/q8*+1;4*-2. The van der Waals surface area contributed by atoms with E-state index in [-0.39, 0.29) is 0 Å². The predicted octanol–water partition coefficient (Wildman–Crippen LogP) is 3.23. The lowest BCUT2D eigenvalue weighted by atomic mass is 9.97. The highest BCUT2D eigenvalue weighted by atomic mass is 16.4. The SMILES string of the molecule is CCCC[n+]1ccccc1.CCCC[n+]1ccccc1.CCCC[n+]1ccccc1.CCCC[n+]1ccccc1.CCCC[n+]1ccccc1.CCCC[n+]1ccccc1.CCCC[n+]1ccccc1.CCCC[n+]1ccccc1.N#CB([O-])[O-].N#CB([O-])[O-].N#CB([O-])[O-].N#CB([O-])[O-]. The summed E-state index contributed by atoms with van der Waals surface area (Å²) in [5.41, 5.74) is 0. The van der Waals surface area contributed by atoms with Crippen molar-refractivity contribution in [1.82, 2.24) is 0 Å². The third-order valence-electron chi connectivity index (χ3n) is 12.8. The molecule has 0 atom stereocenters. The van der Waals surface area contributed by atoms with Crippen molar-refractivity contribution in [1.29, 1.82) is 21.0 Å². The molecule has 0 aliphatic rings. The van der Waals surface area contributed by atoms with Crippen molar-refractivity contribution in [3.8, 4) is 23.9 Å². The van der Waals surface area contributed by atoms with Crippen molar-refractivity contribution in [3.63, 3.8) is 0 Å². The summed E-state index contributed by atoms with van der Waals surface area (Å²) in [5.74, 6) is 3.67. The fourth-order valence-electron chi connectivity index (χ4n) is 7.39. The van der Waals surface area contributed by atoms with Gasteiger partial charge in [0.15, 0.2) is 99.1 Å². The van der Waals surface area contributed by atoms with Gasteiger partial charge >= 0.3 is 0 Å². The van der Waals surface area contributed by atoms with E-state index in [9.17, 15) is 0 Å². The van der Waals surface area contributed by atoms with Crippen LogP contribution >= 0.6 is 0 Å². The van der Waals surface area contributed by atoms with Gasteiger partial charge in [-0.05, 0) is 23.9 Å². The second-order valence-electron chi connectivity index (χ2n) is 21.6. The Morgan fingerprint density at radius 1 is 0.190 bits per heavy atom. The van der Waals surface area contributed by atoms with Crippen LogP contribution in [0.5, 0.6) is 0 Å². The largest absolute Gasteiger partial charge is 0.881 e. The molecular formula is C76H112B4N12O8. The van der Waals surface area contributed by atoms with E-state index in [1.807, 2.05) is 48.5 Å². The fourth-order valence-corrected chi connectivity index (χ4v) is 7.39. The molecule has 0 unspecified atom stereocenters. The Morgan fingerprint density at radius 2 is 0.270 bits per heavy atom. The monoisotopic (exact) mass is 1360 g/mol. The average molecular weight is 1370 g/mol. The van der Waals surface area contributed by atoms with Crippen molar-refractivity contribution < 1.29 is 76.7 Å². The summed E-state index contributed by atoms with van der Waals surface area (Å²) in [6.45, 7) is 26.9. The van der Waals surface area contributed by atoms with Crippen LogP contribution in [0.3, 0.4) is 0 Å². The van der Waals surface area contributed by atoms with Crippen LogP contribution in [-0.2, 0) is 52.4 Å². The van der Waals surface area contributed by atoms with Gasteiger partial charge in [-0.1, -0.05) is 155 Å². The van der Waals surface area contributed by atoms with E-state index < -0.39 is 28.5 Å². The molecule has 0 saturated heterocycles. The van der Waals surface area contributed by atoms with Crippen LogP contribution in [0.1, 0.15) is 158 Å². The number of pyridine rings is 8. The topological polar surface area (TPSA) is 311 Å². The molecule has 0 saturated carbocycles. The number of unbranched alkanes of at least 4 members (excludes halogenated alkanes) is 8. The molecule has 0 radical (unpaired) electrons. The fraction of sp³-hybridized carbons (Fsp3) is 0.421. The maximum atomic E-state index is 8.98. The Morgan fingerprint density at radius 3 is 0.330 bits per heavy atom. The smallest absolute Gasteiger partial charge is 0.168 e. The highest BCUT2D eigenvalue weighted by molar-refractivity contribution is 6.47. The quantitative estimate of drug-likeness (QED) is 0.0622. The molecule has 100 heavy (non-hydrogen) atoms. The van der Waals surface area contributed by atoms with Gasteiger partial charge in [-0.3, -0.25) is 0 Å². The first kappa shape index (κ1) is 97.5. The van der Waals surface area contributed by atoms with Gasteiger partial charge in [-0.25, -0.2) is 57.6 Å². The number of nitrogens with zero attached hydrogens (tertiary/aromatic N) is 12. The Bertz CT molecular complexity index is 2490. The zero-order chi connectivity index (χ0) is 75.0. The van der Waals surface area contributed by atoms with Crippen LogP contribution in [0, 0.1) is 44.9 Å².